The third-order valence-electron chi connectivity index (χ3n) is 4.51. The summed E-state index contributed by atoms with van der Waals surface area (Å²) in [6.07, 6.45) is 4.37. The first kappa shape index (κ1) is 24.5. The first-order chi connectivity index (χ1) is 15.1. The summed E-state index contributed by atoms with van der Waals surface area (Å²) >= 11 is 0. The minimum atomic E-state index is -0.385. The summed E-state index contributed by atoms with van der Waals surface area (Å²) in [5.74, 6) is -1.00. The summed E-state index contributed by atoms with van der Waals surface area (Å²) in [7, 11) is 0. The maximum absolute atomic E-state index is 11.7. The Morgan fingerprint density at radius 1 is 0.871 bits per heavy atom. The molecule has 1 aliphatic rings. The zero-order valence-electron chi connectivity index (χ0n) is 17.7. The van der Waals surface area contributed by atoms with Crippen LogP contribution >= 0.6 is 0 Å². The minimum absolute atomic E-state index is 0.0717. The van der Waals surface area contributed by atoms with Crippen LogP contribution in [-0.4, -0.2) is 75.4 Å². The molecular weight excluding hydrogens is 402 g/mol. The second-order valence-corrected chi connectivity index (χ2v) is 6.94. The number of nitrogens with two attached hydrogens (primary N) is 1. The molecule has 31 heavy (non-hydrogen) atoms. The van der Waals surface area contributed by atoms with Crippen LogP contribution in [0.3, 0.4) is 0 Å². The molecule has 0 aliphatic carbocycles. The van der Waals surface area contributed by atoms with Gasteiger partial charge in [-0.3, -0.25) is 19.3 Å². The molecule has 9 heteroatoms. The molecule has 1 aromatic rings. The number of carbonyl (C=O) groups excluding carboxylic acids is 3. The zero-order chi connectivity index (χ0) is 22.3. The lowest BCUT2D eigenvalue weighted by Crippen LogP contribution is -2.35. The van der Waals surface area contributed by atoms with E-state index >= 15 is 0 Å². The molecule has 0 saturated carbocycles. The molecule has 1 heterocycles. The largest absolute Gasteiger partial charge is 0.399 e. The average molecular weight is 434 g/mol. The standard InChI is InChI=1S/C22H31N3O6/c23-19-5-3-18(4-6-19)2-1-12-29-14-16-31-17-15-30-13-10-24-20(26)9-11-25-21(27)7-8-22(25)28/h3-8H,1-2,9-17,23H2,(H,24,26). The van der Waals surface area contributed by atoms with Gasteiger partial charge in [0.1, 0.15) is 0 Å². The summed E-state index contributed by atoms with van der Waals surface area (Å²) < 4.78 is 16.3. The van der Waals surface area contributed by atoms with Gasteiger partial charge in [0.25, 0.3) is 11.8 Å². The smallest absolute Gasteiger partial charge is 0.253 e. The minimum Gasteiger partial charge on any atom is -0.399 e. The predicted molar refractivity (Wildman–Crippen MR) is 115 cm³/mol. The van der Waals surface area contributed by atoms with Crippen molar-refractivity contribution in [1.82, 2.24) is 10.2 Å². The SMILES string of the molecule is Nc1ccc(CCCOCCOCCOCCNC(=O)CCN2C(=O)C=CC2=O)cc1. The van der Waals surface area contributed by atoms with Crippen LogP contribution in [0, 0.1) is 0 Å². The van der Waals surface area contributed by atoms with Crippen molar-refractivity contribution in [2.24, 2.45) is 0 Å². The van der Waals surface area contributed by atoms with E-state index in [9.17, 15) is 14.4 Å². The topological polar surface area (TPSA) is 120 Å². The van der Waals surface area contributed by atoms with Crippen molar-refractivity contribution >= 4 is 23.4 Å². The lowest BCUT2D eigenvalue weighted by Gasteiger charge is -2.13. The zero-order valence-corrected chi connectivity index (χ0v) is 17.7. The number of hydrogen-bond donors (Lipinski definition) is 2. The molecule has 9 nitrogen and oxygen atoms in total. The highest BCUT2D eigenvalue weighted by molar-refractivity contribution is 6.13. The van der Waals surface area contributed by atoms with Crippen LogP contribution < -0.4 is 11.1 Å². The van der Waals surface area contributed by atoms with Crippen LogP contribution in [0.2, 0.25) is 0 Å². The van der Waals surface area contributed by atoms with Gasteiger partial charge in [0.2, 0.25) is 5.91 Å². The maximum Gasteiger partial charge on any atom is 0.253 e. The second kappa shape index (κ2) is 14.3. The fourth-order valence-corrected chi connectivity index (χ4v) is 2.82. The van der Waals surface area contributed by atoms with E-state index in [0.29, 0.717) is 46.2 Å². The van der Waals surface area contributed by atoms with Gasteiger partial charge in [0, 0.05) is 44.0 Å². The molecule has 1 aliphatic heterocycles. The lowest BCUT2D eigenvalue weighted by atomic mass is 10.1. The molecule has 0 spiro atoms. The van der Waals surface area contributed by atoms with Gasteiger partial charge >= 0.3 is 0 Å². The van der Waals surface area contributed by atoms with Gasteiger partial charge in [-0.2, -0.15) is 0 Å². The molecule has 2 rings (SSSR count). The second-order valence-electron chi connectivity index (χ2n) is 6.94. The van der Waals surface area contributed by atoms with E-state index < -0.39 is 0 Å². The first-order valence-electron chi connectivity index (χ1n) is 10.4. The Kier molecular flexibility index (Phi) is 11.3. The number of aryl methyl sites for hydroxylation is 1. The number of ether oxygens (including phenoxy) is 3. The van der Waals surface area contributed by atoms with E-state index in [4.69, 9.17) is 19.9 Å². The molecule has 0 atom stereocenters. The van der Waals surface area contributed by atoms with Gasteiger partial charge in [-0.1, -0.05) is 12.1 Å². The molecule has 3 N–H and O–H groups in total. The summed E-state index contributed by atoms with van der Waals surface area (Å²) in [6.45, 7) is 3.40. The van der Waals surface area contributed by atoms with Gasteiger partial charge in [0.15, 0.2) is 0 Å². The normalized spacial score (nSPS) is 13.2. The Hall–Kier alpha value is -2.75. The summed E-state index contributed by atoms with van der Waals surface area (Å²) in [4.78, 5) is 35.5. The van der Waals surface area contributed by atoms with Crippen LogP contribution in [0.25, 0.3) is 0 Å². The Balaban J connectivity index is 1.32. The van der Waals surface area contributed by atoms with Gasteiger partial charge < -0.3 is 25.3 Å². The lowest BCUT2D eigenvalue weighted by molar-refractivity contribution is -0.137. The van der Waals surface area contributed by atoms with Crippen molar-refractivity contribution in [2.75, 3.05) is 58.5 Å². The van der Waals surface area contributed by atoms with Crippen LogP contribution in [0.4, 0.5) is 5.69 Å². The highest BCUT2D eigenvalue weighted by atomic mass is 16.5. The van der Waals surface area contributed by atoms with E-state index in [0.717, 1.165) is 23.4 Å². The van der Waals surface area contributed by atoms with E-state index in [2.05, 4.69) is 5.32 Å². The highest BCUT2D eigenvalue weighted by Gasteiger charge is 2.23. The fraction of sp³-hybridized carbons (Fsp3) is 0.500. The van der Waals surface area contributed by atoms with Gasteiger partial charge in [-0.05, 0) is 30.5 Å². The number of imide groups is 1. The van der Waals surface area contributed by atoms with Crippen LogP contribution in [0.1, 0.15) is 18.4 Å². The average Bonchev–Trinajstić information content (AvgIpc) is 3.08. The summed E-state index contributed by atoms with van der Waals surface area (Å²) in [6, 6.07) is 7.86. The number of hydrogen-bond acceptors (Lipinski definition) is 7. The molecule has 0 bridgehead atoms. The fourth-order valence-electron chi connectivity index (χ4n) is 2.82. The van der Waals surface area contributed by atoms with Gasteiger partial charge in [0.05, 0.1) is 33.0 Å². The molecule has 1 aromatic carbocycles. The first-order valence-corrected chi connectivity index (χ1v) is 10.4. The molecule has 170 valence electrons. The quantitative estimate of drug-likeness (QED) is 0.223. The number of rotatable bonds is 16. The number of nitrogens with one attached hydrogen (secondary N) is 1. The Morgan fingerprint density at radius 2 is 1.45 bits per heavy atom. The van der Waals surface area contributed by atoms with E-state index in [-0.39, 0.29) is 30.7 Å². The number of amides is 3. The molecule has 3 amide bonds. The number of carbonyl (C=O) groups is 3. The van der Waals surface area contributed by atoms with Crippen molar-refractivity contribution in [2.45, 2.75) is 19.3 Å². The summed E-state index contributed by atoms with van der Waals surface area (Å²) in [5, 5.41) is 2.68. The van der Waals surface area contributed by atoms with Crippen LogP contribution in [-0.2, 0) is 35.0 Å². The molecule has 0 radical (unpaired) electrons. The third kappa shape index (κ3) is 10.2. The van der Waals surface area contributed by atoms with E-state index in [1.54, 1.807) is 0 Å². The molecule has 0 saturated heterocycles. The van der Waals surface area contributed by atoms with Gasteiger partial charge in [-0.15, -0.1) is 0 Å². The maximum atomic E-state index is 11.7. The van der Waals surface area contributed by atoms with Crippen molar-refractivity contribution < 1.29 is 28.6 Å². The highest BCUT2D eigenvalue weighted by Crippen LogP contribution is 2.07. The molecule has 0 unspecified atom stereocenters. The van der Waals surface area contributed by atoms with Crippen molar-refractivity contribution in [3.8, 4) is 0 Å². The molecular formula is C22H31N3O6. The number of nitrogens with zero attached hydrogens (tertiary/aromatic N) is 1. The van der Waals surface area contributed by atoms with Crippen LogP contribution in [0.5, 0.6) is 0 Å². The summed E-state index contributed by atoms with van der Waals surface area (Å²) in [5.41, 5.74) is 7.68. The van der Waals surface area contributed by atoms with E-state index in [1.807, 2.05) is 24.3 Å². The number of nitrogen functional groups attached to an aromatic ring is 1. The van der Waals surface area contributed by atoms with Crippen molar-refractivity contribution in [3.63, 3.8) is 0 Å². The monoisotopic (exact) mass is 433 g/mol. The van der Waals surface area contributed by atoms with Crippen LogP contribution in [0.15, 0.2) is 36.4 Å². The third-order valence-corrected chi connectivity index (χ3v) is 4.51. The van der Waals surface area contributed by atoms with E-state index in [1.165, 1.54) is 17.7 Å². The Morgan fingerprint density at radius 3 is 2.10 bits per heavy atom. The molecule has 0 aromatic heterocycles. The Labute approximate surface area is 182 Å². The van der Waals surface area contributed by atoms with Gasteiger partial charge in [-0.25, -0.2) is 0 Å². The Bertz CT molecular complexity index is 717. The predicted octanol–water partition coefficient (Wildman–Crippen LogP) is 0.683. The molecule has 0 fully saturated rings. The number of anilines is 1. The van der Waals surface area contributed by atoms with Crippen molar-refractivity contribution in [3.05, 3.63) is 42.0 Å². The van der Waals surface area contributed by atoms with Crippen molar-refractivity contribution in [1.29, 1.82) is 0 Å². The number of benzene rings is 1.